The van der Waals surface area contributed by atoms with Gasteiger partial charge in [-0.3, -0.25) is 9.59 Å². The average Bonchev–Trinajstić information content (AvgIpc) is 2.78. The highest BCUT2D eigenvalue weighted by atomic mass is 16.4. The van der Waals surface area contributed by atoms with Crippen molar-refractivity contribution in [1.82, 2.24) is 5.32 Å². The van der Waals surface area contributed by atoms with Crippen molar-refractivity contribution < 1.29 is 14.7 Å². The highest BCUT2D eigenvalue weighted by Crippen LogP contribution is 2.45. The van der Waals surface area contributed by atoms with Crippen molar-refractivity contribution in [2.45, 2.75) is 33.6 Å². The highest BCUT2D eigenvalue weighted by Gasteiger charge is 2.50. The molecule has 1 aliphatic rings. The summed E-state index contributed by atoms with van der Waals surface area (Å²) >= 11 is 0. The Bertz CT molecular complexity index is 261. The molecule has 0 aliphatic heterocycles. The number of amides is 1. The van der Waals surface area contributed by atoms with E-state index in [1.165, 1.54) is 0 Å². The van der Waals surface area contributed by atoms with Crippen molar-refractivity contribution in [3.05, 3.63) is 0 Å². The van der Waals surface area contributed by atoms with Gasteiger partial charge in [-0.1, -0.05) is 20.8 Å². The lowest BCUT2D eigenvalue weighted by Crippen LogP contribution is -2.40. The van der Waals surface area contributed by atoms with Gasteiger partial charge in [0.2, 0.25) is 5.91 Å². The van der Waals surface area contributed by atoms with Gasteiger partial charge in [-0.25, -0.2) is 0 Å². The molecule has 0 aromatic carbocycles. The molecule has 4 nitrogen and oxygen atoms in total. The molecule has 2 N–H and O–H groups in total. The Morgan fingerprint density at radius 3 is 2.14 bits per heavy atom. The van der Waals surface area contributed by atoms with Crippen molar-refractivity contribution in [3.63, 3.8) is 0 Å². The lowest BCUT2D eigenvalue weighted by Gasteiger charge is -2.19. The third-order valence-corrected chi connectivity index (χ3v) is 2.58. The zero-order valence-electron chi connectivity index (χ0n) is 8.89. The highest BCUT2D eigenvalue weighted by molar-refractivity contribution is 5.83. The van der Waals surface area contributed by atoms with E-state index in [-0.39, 0.29) is 12.5 Å². The Morgan fingerprint density at radius 1 is 1.36 bits per heavy atom. The van der Waals surface area contributed by atoms with Crippen molar-refractivity contribution in [3.8, 4) is 0 Å². The lowest BCUT2D eigenvalue weighted by molar-refractivity contribution is -0.143. The molecular formula is C10H17NO3. The fraction of sp³-hybridized carbons (Fsp3) is 0.800. The van der Waals surface area contributed by atoms with E-state index in [1.54, 1.807) is 0 Å². The zero-order valence-corrected chi connectivity index (χ0v) is 8.89. The summed E-state index contributed by atoms with van der Waals surface area (Å²) in [5.74, 6) is -0.892. The van der Waals surface area contributed by atoms with Crippen molar-refractivity contribution in [2.24, 2.45) is 10.8 Å². The number of hydrogen-bond acceptors (Lipinski definition) is 2. The van der Waals surface area contributed by atoms with Gasteiger partial charge in [-0.15, -0.1) is 0 Å². The largest absolute Gasteiger partial charge is 0.481 e. The van der Waals surface area contributed by atoms with Gasteiger partial charge < -0.3 is 10.4 Å². The molecule has 1 saturated carbocycles. The molecule has 0 heterocycles. The van der Waals surface area contributed by atoms with Crippen LogP contribution in [0.5, 0.6) is 0 Å². The molecule has 1 fully saturated rings. The van der Waals surface area contributed by atoms with Gasteiger partial charge in [0.1, 0.15) is 0 Å². The normalized spacial score (nSPS) is 18.8. The van der Waals surface area contributed by atoms with E-state index in [4.69, 9.17) is 5.11 Å². The zero-order chi connectivity index (χ0) is 11.0. The van der Waals surface area contributed by atoms with E-state index < -0.39 is 16.8 Å². The van der Waals surface area contributed by atoms with Crippen molar-refractivity contribution in [2.75, 3.05) is 6.54 Å². The second-order valence-electron chi connectivity index (χ2n) is 5.02. The monoisotopic (exact) mass is 199 g/mol. The first kappa shape index (κ1) is 11.0. The van der Waals surface area contributed by atoms with Crippen LogP contribution in [0, 0.1) is 10.8 Å². The number of carbonyl (C=O) groups excluding carboxylic acids is 1. The van der Waals surface area contributed by atoms with Crippen LogP contribution in [-0.4, -0.2) is 23.5 Å². The van der Waals surface area contributed by atoms with Crippen LogP contribution in [0.3, 0.4) is 0 Å². The predicted molar refractivity (Wildman–Crippen MR) is 51.8 cm³/mol. The lowest BCUT2D eigenvalue weighted by atomic mass is 9.95. The molecule has 1 amide bonds. The van der Waals surface area contributed by atoms with Crippen LogP contribution in [0.25, 0.3) is 0 Å². The van der Waals surface area contributed by atoms with Gasteiger partial charge in [0, 0.05) is 12.0 Å². The standard InChI is InChI=1S/C10H17NO3/c1-9(2,3)7(12)11-6-10(4-5-10)8(13)14/h4-6H2,1-3H3,(H,11,12)(H,13,14). The van der Waals surface area contributed by atoms with E-state index in [1.807, 2.05) is 20.8 Å². The van der Waals surface area contributed by atoms with E-state index >= 15 is 0 Å². The molecule has 0 unspecified atom stereocenters. The molecule has 0 aromatic heterocycles. The second kappa shape index (κ2) is 3.26. The second-order valence-corrected chi connectivity index (χ2v) is 5.02. The third-order valence-electron chi connectivity index (χ3n) is 2.58. The maximum Gasteiger partial charge on any atom is 0.311 e. The smallest absolute Gasteiger partial charge is 0.311 e. The average molecular weight is 199 g/mol. The summed E-state index contributed by atoms with van der Waals surface area (Å²) in [6, 6.07) is 0. The molecule has 14 heavy (non-hydrogen) atoms. The molecule has 0 atom stereocenters. The summed E-state index contributed by atoms with van der Waals surface area (Å²) in [4.78, 5) is 22.3. The van der Waals surface area contributed by atoms with Crippen LogP contribution in [0.4, 0.5) is 0 Å². The van der Waals surface area contributed by atoms with Crippen LogP contribution in [0.15, 0.2) is 0 Å². The molecular weight excluding hydrogens is 182 g/mol. The van der Waals surface area contributed by atoms with Gasteiger partial charge in [0.05, 0.1) is 5.41 Å². The molecule has 80 valence electrons. The minimum absolute atomic E-state index is 0.0926. The molecule has 0 saturated heterocycles. The summed E-state index contributed by atoms with van der Waals surface area (Å²) in [6.07, 6.45) is 1.35. The number of hydrogen-bond donors (Lipinski definition) is 2. The number of aliphatic carboxylic acids is 1. The van der Waals surface area contributed by atoms with Crippen LogP contribution in [-0.2, 0) is 9.59 Å². The van der Waals surface area contributed by atoms with Crippen LogP contribution >= 0.6 is 0 Å². The van der Waals surface area contributed by atoms with Crippen LogP contribution in [0.1, 0.15) is 33.6 Å². The molecule has 0 radical (unpaired) electrons. The summed E-state index contributed by atoms with van der Waals surface area (Å²) < 4.78 is 0. The van der Waals surface area contributed by atoms with Gasteiger partial charge >= 0.3 is 5.97 Å². The first-order valence-electron chi connectivity index (χ1n) is 4.80. The van der Waals surface area contributed by atoms with Gasteiger partial charge in [-0.05, 0) is 12.8 Å². The van der Waals surface area contributed by atoms with Gasteiger partial charge in [0.25, 0.3) is 0 Å². The molecule has 4 heteroatoms. The summed E-state index contributed by atoms with van der Waals surface area (Å²) in [5.41, 5.74) is -1.12. The number of carbonyl (C=O) groups is 2. The Kier molecular flexibility index (Phi) is 2.56. The SMILES string of the molecule is CC(C)(C)C(=O)NCC1(C(=O)O)CC1. The predicted octanol–water partition coefficient (Wildman–Crippen LogP) is 1.01. The van der Waals surface area contributed by atoms with E-state index in [0.717, 1.165) is 0 Å². The molecule has 0 spiro atoms. The number of rotatable bonds is 3. The first-order chi connectivity index (χ1) is 6.28. The van der Waals surface area contributed by atoms with Crippen LogP contribution < -0.4 is 5.32 Å². The fourth-order valence-corrected chi connectivity index (χ4v) is 1.13. The van der Waals surface area contributed by atoms with E-state index in [9.17, 15) is 9.59 Å². The van der Waals surface area contributed by atoms with E-state index in [0.29, 0.717) is 12.8 Å². The molecule has 1 rings (SSSR count). The summed E-state index contributed by atoms with van der Waals surface area (Å²) in [6.45, 7) is 5.69. The van der Waals surface area contributed by atoms with Gasteiger partial charge in [0.15, 0.2) is 0 Å². The number of carboxylic acids is 1. The minimum atomic E-state index is -0.799. The molecule has 0 aromatic rings. The molecule has 1 aliphatic carbocycles. The Morgan fingerprint density at radius 2 is 1.86 bits per heavy atom. The number of nitrogens with one attached hydrogen (secondary N) is 1. The third kappa shape index (κ3) is 2.25. The minimum Gasteiger partial charge on any atom is -0.481 e. The van der Waals surface area contributed by atoms with E-state index in [2.05, 4.69) is 5.32 Å². The van der Waals surface area contributed by atoms with Crippen LogP contribution in [0.2, 0.25) is 0 Å². The summed E-state index contributed by atoms with van der Waals surface area (Å²) in [5, 5.41) is 11.6. The quantitative estimate of drug-likeness (QED) is 0.713. The summed E-state index contributed by atoms with van der Waals surface area (Å²) in [7, 11) is 0. The maximum atomic E-state index is 11.5. The first-order valence-corrected chi connectivity index (χ1v) is 4.80. The van der Waals surface area contributed by atoms with Gasteiger partial charge in [-0.2, -0.15) is 0 Å². The Balaban J connectivity index is 2.42. The van der Waals surface area contributed by atoms with Crippen molar-refractivity contribution >= 4 is 11.9 Å². The molecule has 0 bridgehead atoms. The Labute approximate surface area is 83.7 Å². The maximum absolute atomic E-state index is 11.5. The van der Waals surface area contributed by atoms with Crippen molar-refractivity contribution in [1.29, 1.82) is 0 Å². The topological polar surface area (TPSA) is 66.4 Å². The Hall–Kier alpha value is -1.06. The number of carboxylic acid groups (broad SMARTS) is 1. The fourth-order valence-electron chi connectivity index (χ4n) is 1.13.